The second-order valence-corrected chi connectivity index (χ2v) is 8.76. The zero-order valence-corrected chi connectivity index (χ0v) is 19.9. The number of ether oxygens (including phenoxy) is 2. The largest absolute Gasteiger partial charge is 0.497 e. The highest BCUT2D eigenvalue weighted by Gasteiger charge is 2.16. The van der Waals surface area contributed by atoms with Crippen molar-refractivity contribution in [3.05, 3.63) is 97.3 Å². The van der Waals surface area contributed by atoms with Gasteiger partial charge in [-0.2, -0.15) is 0 Å². The van der Waals surface area contributed by atoms with Gasteiger partial charge in [0.25, 0.3) is 0 Å². The highest BCUT2D eigenvalue weighted by molar-refractivity contribution is 8.03. The van der Waals surface area contributed by atoms with E-state index in [2.05, 4.69) is 0 Å². The lowest BCUT2D eigenvalue weighted by Crippen LogP contribution is -2.02. The normalized spacial score (nSPS) is 11.3. The van der Waals surface area contributed by atoms with E-state index in [1.54, 1.807) is 68.8 Å². The van der Waals surface area contributed by atoms with E-state index in [9.17, 15) is 4.79 Å². The number of Topliss-reactive ketones (excluding diaryl/α,β-unsaturated/α-hetero) is 1. The Balaban J connectivity index is 1.99. The summed E-state index contributed by atoms with van der Waals surface area (Å²) in [6.45, 7) is 0. The lowest BCUT2D eigenvalue weighted by Gasteiger charge is -2.11. The van der Waals surface area contributed by atoms with Crippen LogP contribution in [0, 0.1) is 0 Å². The first-order chi connectivity index (χ1) is 14.9. The molecule has 0 amide bonds. The Kier molecular flexibility index (Phi) is 8.33. The number of hydrogen-bond acceptors (Lipinski definition) is 4. The summed E-state index contributed by atoms with van der Waals surface area (Å²) in [5, 5.41) is 1.54. The van der Waals surface area contributed by atoms with Crippen molar-refractivity contribution in [3.8, 4) is 11.5 Å². The van der Waals surface area contributed by atoms with Crippen molar-refractivity contribution in [1.29, 1.82) is 0 Å². The van der Waals surface area contributed by atoms with Gasteiger partial charge in [0.05, 0.1) is 29.2 Å². The van der Waals surface area contributed by atoms with Crippen molar-refractivity contribution < 1.29 is 14.3 Å². The third-order valence-electron chi connectivity index (χ3n) is 4.43. The first kappa shape index (κ1) is 23.6. The summed E-state index contributed by atoms with van der Waals surface area (Å²) in [4.78, 5) is 13.8. The Labute approximate surface area is 200 Å². The zero-order valence-electron chi connectivity index (χ0n) is 16.8. The van der Waals surface area contributed by atoms with E-state index in [1.807, 2.05) is 12.1 Å². The lowest BCUT2D eigenvalue weighted by molar-refractivity contribution is 0.104. The Morgan fingerprint density at radius 3 is 2.29 bits per heavy atom. The van der Waals surface area contributed by atoms with Crippen LogP contribution >= 0.6 is 46.6 Å². The van der Waals surface area contributed by atoms with E-state index in [1.165, 1.54) is 11.8 Å². The molecule has 31 heavy (non-hydrogen) atoms. The minimum Gasteiger partial charge on any atom is -0.497 e. The van der Waals surface area contributed by atoms with Crippen LogP contribution in [0.2, 0.25) is 15.1 Å². The number of benzene rings is 3. The van der Waals surface area contributed by atoms with Gasteiger partial charge in [0.1, 0.15) is 11.5 Å². The maximum Gasteiger partial charge on any atom is 0.199 e. The highest BCUT2D eigenvalue weighted by Crippen LogP contribution is 2.33. The number of ketones is 1. The molecule has 0 aromatic heterocycles. The number of methoxy groups -OCH3 is 2. The first-order valence-corrected chi connectivity index (χ1v) is 11.3. The third-order valence-corrected chi connectivity index (χ3v) is 6.51. The number of rotatable bonds is 8. The van der Waals surface area contributed by atoms with Crippen LogP contribution in [0.5, 0.6) is 11.5 Å². The molecule has 7 heteroatoms. The zero-order chi connectivity index (χ0) is 22.4. The average molecular weight is 494 g/mol. The maximum atomic E-state index is 13.3. The standard InChI is InChI=1S/C24H19Cl3O3S/c1-29-19-8-10-22(30-2)17(12-19)13-23(24(28)16-4-6-18(25)7-5-16)31-14-15-3-9-20(26)21(27)11-15/h3-13H,14H2,1-2H3/b23-13+. The third kappa shape index (κ3) is 6.20. The van der Waals surface area contributed by atoms with Crippen molar-refractivity contribution >= 4 is 58.4 Å². The summed E-state index contributed by atoms with van der Waals surface area (Å²) in [5.41, 5.74) is 2.23. The molecule has 0 spiro atoms. The van der Waals surface area contributed by atoms with Crippen LogP contribution in [-0.2, 0) is 5.75 Å². The molecule has 0 radical (unpaired) electrons. The summed E-state index contributed by atoms with van der Waals surface area (Å²) in [6, 6.07) is 17.7. The van der Waals surface area contributed by atoms with Gasteiger partial charge in [0.2, 0.25) is 0 Å². The Morgan fingerprint density at radius 2 is 1.65 bits per heavy atom. The van der Waals surface area contributed by atoms with Crippen LogP contribution in [0.4, 0.5) is 0 Å². The van der Waals surface area contributed by atoms with Crippen molar-refractivity contribution in [2.24, 2.45) is 0 Å². The molecule has 0 atom stereocenters. The molecule has 0 aliphatic rings. The molecule has 3 rings (SSSR count). The smallest absolute Gasteiger partial charge is 0.199 e. The minimum atomic E-state index is -0.119. The Hall–Kier alpha value is -2.11. The maximum absolute atomic E-state index is 13.3. The lowest BCUT2D eigenvalue weighted by atomic mass is 10.1. The molecule has 0 saturated heterocycles. The van der Waals surface area contributed by atoms with Gasteiger partial charge in [-0.3, -0.25) is 4.79 Å². The van der Waals surface area contributed by atoms with Gasteiger partial charge in [0.15, 0.2) is 5.78 Å². The quantitative estimate of drug-likeness (QED) is 0.237. The summed E-state index contributed by atoms with van der Waals surface area (Å²) in [5.74, 6) is 1.72. The number of halogens is 3. The van der Waals surface area contributed by atoms with Gasteiger partial charge in [-0.1, -0.05) is 40.9 Å². The molecule has 0 saturated carbocycles. The van der Waals surface area contributed by atoms with E-state index in [-0.39, 0.29) is 5.78 Å². The fraction of sp³-hybridized carbons (Fsp3) is 0.125. The van der Waals surface area contributed by atoms with Crippen LogP contribution in [0.1, 0.15) is 21.5 Å². The monoisotopic (exact) mass is 492 g/mol. The molecule has 3 nitrogen and oxygen atoms in total. The SMILES string of the molecule is COc1ccc(OC)c(/C=C(/SCc2ccc(Cl)c(Cl)c2)C(=O)c2ccc(Cl)cc2)c1. The average Bonchev–Trinajstić information content (AvgIpc) is 2.78. The molecule has 3 aromatic rings. The van der Waals surface area contributed by atoms with Crippen LogP contribution in [0.15, 0.2) is 65.6 Å². The Bertz CT molecular complexity index is 1110. The summed E-state index contributed by atoms with van der Waals surface area (Å²) in [6.07, 6.45) is 1.81. The van der Waals surface area contributed by atoms with Gasteiger partial charge in [-0.05, 0) is 66.2 Å². The van der Waals surface area contributed by atoms with Crippen molar-refractivity contribution in [2.45, 2.75) is 5.75 Å². The number of allylic oxidation sites excluding steroid dienone is 1. The summed E-state index contributed by atoms with van der Waals surface area (Å²) < 4.78 is 10.8. The molecular weight excluding hydrogens is 475 g/mol. The first-order valence-electron chi connectivity index (χ1n) is 9.22. The van der Waals surface area contributed by atoms with Crippen LogP contribution in [-0.4, -0.2) is 20.0 Å². The van der Waals surface area contributed by atoms with Crippen molar-refractivity contribution in [3.63, 3.8) is 0 Å². The number of hydrogen-bond donors (Lipinski definition) is 0. The van der Waals surface area contributed by atoms with E-state index in [0.29, 0.717) is 42.8 Å². The number of thioether (sulfide) groups is 1. The fourth-order valence-electron chi connectivity index (χ4n) is 2.80. The Morgan fingerprint density at radius 1 is 0.903 bits per heavy atom. The van der Waals surface area contributed by atoms with Gasteiger partial charge in [0, 0.05) is 21.9 Å². The molecule has 0 N–H and O–H groups in total. The molecule has 0 fully saturated rings. The van der Waals surface area contributed by atoms with E-state index in [0.717, 1.165) is 11.1 Å². The molecule has 160 valence electrons. The van der Waals surface area contributed by atoms with Crippen molar-refractivity contribution in [2.75, 3.05) is 14.2 Å². The second kappa shape index (κ2) is 11.0. The molecule has 3 aromatic carbocycles. The summed E-state index contributed by atoms with van der Waals surface area (Å²) >= 11 is 19.5. The van der Waals surface area contributed by atoms with Crippen LogP contribution in [0.3, 0.4) is 0 Å². The van der Waals surface area contributed by atoms with Crippen LogP contribution < -0.4 is 9.47 Å². The predicted molar refractivity (Wildman–Crippen MR) is 131 cm³/mol. The highest BCUT2D eigenvalue weighted by atomic mass is 35.5. The molecule has 0 aliphatic carbocycles. The molecule has 0 unspecified atom stereocenters. The number of carbonyl (C=O) groups is 1. The fourth-order valence-corrected chi connectivity index (χ4v) is 4.21. The molecule has 0 heterocycles. The van der Waals surface area contributed by atoms with Gasteiger partial charge < -0.3 is 9.47 Å². The van der Waals surface area contributed by atoms with Gasteiger partial charge >= 0.3 is 0 Å². The topological polar surface area (TPSA) is 35.5 Å². The van der Waals surface area contributed by atoms with E-state index in [4.69, 9.17) is 44.3 Å². The van der Waals surface area contributed by atoms with E-state index >= 15 is 0 Å². The summed E-state index contributed by atoms with van der Waals surface area (Å²) in [7, 11) is 3.18. The van der Waals surface area contributed by atoms with Crippen LogP contribution in [0.25, 0.3) is 6.08 Å². The molecule has 0 bridgehead atoms. The van der Waals surface area contributed by atoms with E-state index < -0.39 is 0 Å². The second-order valence-electron chi connectivity index (χ2n) is 6.49. The minimum absolute atomic E-state index is 0.119. The molecular formula is C24H19Cl3O3S. The van der Waals surface area contributed by atoms with Crippen molar-refractivity contribution in [1.82, 2.24) is 0 Å². The predicted octanol–water partition coefficient (Wildman–Crippen LogP) is 7.82. The van der Waals surface area contributed by atoms with Gasteiger partial charge in [-0.15, -0.1) is 11.8 Å². The van der Waals surface area contributed by atoms with Gasteiger partial charge in [-0.25, -0.2) is 0 Å². The molecule has 0 aliphatic heterocycles. The number of carbonyl (C=O) groups excluding carboxylic acids is 1.